The van der Waals surface area contributed by atoms with E-state index in [1.54, 1.807) is 0 Å². The quantitative estimate of drug-likeness (QED) is 0.339. The van der Waals surface area contributed by atoms with E-state index in [-0.39, 0.29) is 46.2 Å². The van der Waals surface area contributed by atoms with Crippen molar-refractivity contribution in [2.24, 2.45) is 0 Å². The maximum atomic E-state index is 14.1. The van der Waals surface area contributed by atoms with Gasteiger partial charge in [0.05, 0.1) is 23.5 Å². The minimum Gasteiger partial charge on any atom is -0.342 e. The number of hydrogen-bond donors (Lipinski definition) is 3. The Morgan fingerprint density at radius 2 is 1.92 bits per heavy atom. The lowest BCUT2D eigenvalue weighted by atomic mass is 10.0. The SMILES string of the molecule is O=C1Cn2c(-c3cn[nH]n3)nc(NC(=O)c3cc(F)cc(C(F)(F)F)c3)c2C(c2cc(F)ccc2Cl)N1. The van der Waals surface area contributed by atoms with Crippen molar-refractivity contribution < 1.29 is 31.5 Å². The molecule has 0 saturated heterocycles. The van der Waals surface area contributed by atoms with Gasteiger partial charge in [-0.25, -0.2) is 13.8 Å². The van der Waals surface area contributed by atoms with Crippen LogP contribution < -0.4 is 10.6 Å². The summed E-state index contributed by atoms with van der Waals surface area (Å²) in [6.45, 7) is -0.290. The van der Waals surface area contributed by atoms with Gasteiger partial charge >= 0.3 is 6.18 Å². The second-order valence-electron chi connectivity index (χ2n) is 7.96. The number of carbonyl (C=O) groups excluding carboxylic acids is 2. The molecular formula is C22H13ClF5N7O2. The first-order valence-electron chi connectivity index (χ1n) is 10.4. The van der Waals surface area contributed by atoms with Gasteiger partial charge in [0.25, 0.3) is 5.91 Å². The Bertz CT molecular complexity index is 1540. The Morgan fingerprint density at radius 1 is 1.14 bits per heavy atom. The smallest absolute Gasteiger partial charge is 0.342 e. The molecule has 3 heterocycles. The molecular weight excluding hydrogens is 525 g/mol. The fourth-order valence-corrected chi connectivity index (χ4v) is 4.19. The summed E-state index contributed by atoms with van der Waals surface area (Å²) < 4.78 is 68.9. The van der Waals surface area contributed by atoms with E-state index in [2.05, 4.69) is 31.0 Å². The Hall–Kier alpha value is -4.33. The van der Waals surface area contributed by atoms with Crippen LogP contribution in [-0.2, 0) is 17.5 Å². The number of amides is 2. The summed E-state index contributed by atoms with van der Waals surface area (Å²) in [6.07, 6.45) is -3.60. The summed E-state index contributed by atoms with van der Waals surface area (Å²) >= 11 is 6.27. The van der Waals surface area contributed by atoms with E-state index in [1.807, 2.05) is 0 Å². The van der Waals surface area contributed by atoms with Crippen LogP contribution in [0.15, 0.2) is 42.6 Å². The van der Waals surface area contributed by atoms with E-state index in [0.29, 0.717) is 12.1 Å². The van der Waals surface area contributed by atoms with Crippen LogP contribution in [0.4, 0.5) is 27.8 Å². The molecule has 0 bridgehead atoms. The first-order chi connectivity index (χ1) is 17.5. The molecule has 1 aliphatic heterocycles. The van der Waals surface area contributed by atoms with Crippen LogP contribution in [0.1, 0.15) is 33.2 Å². The van der Waals surface area contributed by atoms with Crippen LogP contribution in [0.5, 0.6) is 0 Å². The van der Waals surface area contributed by atoms with E-state index < -0.39 is 46.8 Å². The highest BCUT2D eigenvalue weighted by molar-refractivity contribution is 6.31. The number of hydrogen-bond acceptors (Lipinski definition) is 5. The fourth-order valence-electron chi connectivity index (χ4n) is 3.96. The van der Waals surface area contributed by atoms with E-state index in [4.69, 9.17) is 11.6 Å². The van der Waals surface area contributed by atoms with Gasteiger partial charge < -0.3 is 15.2 Å². The van der Waals surface area contributed by atoms with Gasteiger partial charge in [0, 0.05) is 16.1 Å². The van der Waals surface area contributed by atoms with E-state index in [1.165, 1.54) is 16.8 Å². The monoisotopic (exact) mass is 537 g/mol. The number of carbonyl (C=O) groups is 2. The molecule has 2 aromatic carbocycles. The van der Waals surface area contributed by atoms with Crippen LogP contribution in [0.25, 0.3) is 11.5 Å². The number of benzene rings is 2. The Kier molecular flexibility index (Phi) is 5.90. The number of H-pyrrole nitrogens is 1. The van der Waals surface area contributed by atoms with Crippen molar-refractivity contribution in [1.82, 2.24) is 30.3 Å². The van der Waals surface area contributed by atoms with Crippen molar-refractivity contribution in [1.29, 1.82) is 0 Å². The lowest BCUT2D eigenvalue weighted by molar-refractivity contribution is -0.137. The third kappa shape index (κ3) is 4.62. The van der Waals surface area contributed by atoms with E-state index in [9.17, 15) is 31.5 Å². The van der Waals surface area contributed by atoms with Crippen LogP contribution in [-0.4, -0.2) is 36.8 Å². The third-order valence-electron chi connectivity index (χ3n) is 5.52. The van der Waals surface area contributed by atoms with E-state index >= 15 is 0 Å². The number of nitrogens with one attached hydrogen (secondary N) is 3. The molecule has 0 spiro atoms. The first-order valence-corrected chi connectivity index (χ1v) is 10.8. The molecule has 3 N–H and O–H groups in total. The molecule has 0 fully saturated rings. The molecule has 2 amide bonds. The number of fused-ring (bicyclic) bond motifs is 1. The summed E-state index contributed by atoms with van der Waals surface area (Å²) in [6, 6.07) is 3.73. The lowest BCUT2D eigenvalue weighted by Crippen LogP contribution is -2.39. The van der Waals surface area contributed by atoms with Crippen molar-refractivity contribution in [2.45, 2.75) is 18.8 Å². The van der Waals surface area contributed by atoms with Gasteiger partial charge in [-0.3, -0.25) is 9.59 Å². The van der Waals surface area contributed by atoms with Crippen molar-refractivity contribution in [3.63, 3.8) is 0 Å². The number of anilines is 1. The number of aromatic amines is 1. The third-order valence-corrected chi connectivity index (χ3v) is 5.86. The van der Waals surface area contributed by atoms with E-state index in [0.717, 1.165) is 12.1 Å². The maximum absolute atomic E-state index is 14.1. The molecule has 9 nitrogen and oxygen atoms in total. The lowest BCUT2D eigenvalue weighted by Gasteiger charge is -2.28. The summed E-state index contributed by atoms with van der Waals surface area (Å²) in [5, 5.41) is 15.1. The second kappa shape index (κ2) is 8.96. The van der Waals surface area contributed by atoms with Gasteiger partial charge in [0.1, 0.15) is 23.9 Å². The van der Waals surface area contributed by atoms with Crippen LogP contribution >= 0.6 is 11.6 Å². The normalized spacial score (nSPS) is 15.3. The van der Waals surface area contributed by atoms with Crippen molar-refractivity contribution >= 4 is 29.2 Å². The average Bonchev–Trinajstić information content (AvgIpc) is 3.47. The Labute approximate surface area is 208 Å². The van der Waals surface area contributed by atoms with Gasteiger partial charge in [-0.2, -0.15) is 28.6 Å². The number of aromatic nitrogens is 5. The molecule has 5 rings (SSSR count). The standard InChI is InChI=1S/C22H13ClF5N7O2/c23-14-2-1-11(24)6-13(14)17-18-19(31-20(15-7-29-34-33-15)35(18)8-16(36)30-17)32-21(37)9-3-10(22(26,27)28)5-12(25)4-9/h1-7,17H,8H2,(H,30,36)(H,32,37)(H,29,33,34). The molecule has 2 aromatic heterocycles. The second-order valence-corrected chi connectivity index (χ2v) is 8.36. The van der Waals surface area contributed by atoms with Crippen molar-refractivity contribution in [3.05, 3.63) is 81.6 Å². The van der Waals surface area contributed by atoms with Gasteiger partial charge in [0.15, 0.2) is 11.6 Å². The van der Waals surface area contributed by atoms with Gasteiger partial charge in [-0.15, -0.1) is 0 Å². The first kappa shape index (κ1) is 24.4. The zero-order valence-corrected chi connectivity index (χ0v) is 19.0. The van der Waals surface area contributed by atoms with Crippen LogP contribution in [0.3, 0.4) is 0 Å². The van der Waals surface area contributed by atoms with Gasteiger partial charge in [-0.1, -0.05) is 11.6 Å². The summed E-state index contributed by atoms with van der Waals surface area (Å²) in [5.74, 6) is -3.68. The number of rotatable bonds is 4. The zero-order valence-electron chi connectivity index (χ0n) is 18.2. The molecule has 4 aromatic rings. The minimum atomic E-state index is -4.89. The highest BCUT2D eigenvalue weighted by Crippen LogP contribution is 2.38. The number of alkyl halides is 3. The largest absolute Gasteiger partial charge is 0.416 e. The maximum Gasteiger partial charge on any atom is 0.416 e. The highest BCUT2D eigenvalue weighted by Gasteiger charge is 2.36. The molecule has 1 aliphatic rings. The molecule has 190 valence electrons. The molecule has 37 heavy (non-hydrogen) atoms. The number of halogens is 6. The number of imidazole rings is 1. The molecule has 1 unspecified atom stereocenters. The molecule has 15 heteroatoms. The van der Waals surface area contributed by atoms with Crippen molar-refractivity contribution in [2.75, 3.05) is 5.32 Å². The fraction of sp³-hybridized carbons (Fsp3) is 0.136. The van der Waals surface area contributed by atoms with Crippen LogP contribution in [0.2, 0.25) is 5.02 Å². The highest BCUT2D eigenvalue weighted by atomic mass is 35.5. The Morgan fingerprint density at radius 3 is 2.62 bits per heavy atom. The summed E-state index contributed by atoms with van der Waals surface area (Å²) in [7, 11) is 0. The van der Waals surface area contributed by atoms with Gasteiger partial charge in [0.2, 0.25) is 5.91 Å². The molecule has 0 aliphatic carbocycles. The predicted octanol–water partition coefficient (Wildman–Crippen LogP) is 4.09. The Balaban J connectivity index is 1.64. The summed E-state index contributed by atoms with van der Waals surface area (Å²) in [5.41, 5.74) is -1.55. The predicted molar refractivity (Wildman–Crippen MR) is 118 cm³/mol. The average molecular weight is 538 g/mol. The topological polar surface area (TPSA) is 118 Å². The zero-order chi connectivity index (χ0) is 26.5. The minimum absolute atomic E-state index is 0.0710. The summed E-state index contributed by atoms with van der Waals surface area (Å²) in [4.78, 5) is 29.8. The van der Waals surface area contributed by atoms with Crippen LogP contribution in [0, 0.1) is 11.6 Å². The molecule has 0 radical (unpaired) electrons. The number of nitrogens with zero attached hydrogens (tertiary/aromatic N) is 4. The van der Waals surface area contributed by atoms with Gasteiger partial charge in [-0.05, 0) is 36.4 Å². The van der Waals surface area contributed by atoms with Crippen molar-refractivity contribution in [3.8, 4) is 11.5 Å². The molecule has 1 atom stereocenters. The molecule has 0 saturated carbocycles.